The van der Waals surface area contributed by atoms with E-state index in [1.54, 1.807) is 0 Å². The van der Waals surface area contributed by atoms with Crippen LogP contribution in [-0.4, -0.2) is 14.7 Å². The first kappa shape index (κ1) is 6.90. The van der Waals surface area contributed by atoms with Crippen LogP contribution in [0.1, 0.15) is 6.92 Å². The highest BCUT2D eigenvalue weighted by Gasteiger charge is 2.25. The van der Waals surface area contributed by atoms with Crippen LogP contribution < -0.4 is 0 Å². The third-order valence-corrected chi connectivity index (χ3v) is 1.01. The van der Waals surface area contributed by atoms with Crippen molar-refractivity contribution in [3.8, 4) is 0 Å². The molecule has 0 radical (unpaired) electrons. The molecule has 1 saturated heterocycles. The molecule has 0 aromatic carbocycles. The molecule has 6 nitrogen and oxygen atoms in total. The van der Waals surface area contributed by atoms with E-state index in [1.807, 2.05) is 0 Å². The summed E-state index contributed by atoms with van der Waals surface area (Å²) >= 11 is 0. The zero-order chi connectivity index (χ0) is 6.91. The lowest BCUT2D eigenvalue weighted by Crippen LogP contribution is -2.26. The fraction of sp³-hybridized carbons (Fsp3) is 1.00. The lowest BCUT2D eigenvalue weighted by molar-refractivity contribution is -0.433. The molecule has 0 aromatic heterocycles. The summed E-state index contributed by atoms with van der Waals surface area (Å²) < 4.78 is 27.6. The fourth-order valence-electron chi connectivity index (χ4n) is 0.234. The quantitative estimate of drug-likeness (QED) is 0.440. The molecular weight excluding hydrogens is 152 g/mol. The SMILES string of the molecule is CC1OOS(=O)(=O)OO1. The van der Waals surface area contributed by atoms with Gasteiger partial charge < -0.3 is 0 Å². The molecule has 0 aromatic rings. The summed E-state index contributed by atoms with van der Waals surface area (Å²) in [6, 6.07) is 0. The topological polar surface area (TPSA) is 71.1 Å². The van der Waals surface area contributed by atoms with Crippen molar-refractivity contribution in [1.82, 2.24) is 0 Å². The smallest absolute Gasteiger partial charge is 0.183 e. The molecule has 0 bridgehead atoms. The van der Waals surface area contributed by atoms with E-state index < -0.39 is 16.7 Å². The van der Waals surface area contributed by atoms with Gasteiger partial charge in [-0.1, -0.05) is 8.67 Å². The van der Waals surface area contributed by atoms with Gasteiger partial charge in [0.05, 0.1) is 0 Å². The molecule has 7 heteroatoms. The van der Waals surface area contributed by atoms with Crippen LogP contribution in [0, 0.1) is 0 Å². The molecule has 1 fully saturated rings. The van der Waals surface area contributed by atoms with Gasteiger partial charge in [-0.25, -0.2) is 0 Å². The summed E-state index contributed by atoms with van der Waals surface area (Å²) in [6.07, 6.45) is -0.825. The van der Waals surface area contributed by atoms with Gasteiger partial charge in [0, 0.05) is 0 Å². The second-order valence-electron chi connectivity index (χ2n) is 1.30. The van der Waals surface area contributed by atoms with Crippen molar-refractivity contribution in [3.63, 3.8) is 0 Å². The Morgan fingerprint density at radius 3 is 2.00 bits per heavy atom. The van der Waals surface area contributed by atoms with Crippen molar-refractivity contribution < 1.29 is 26.9 Å². The van der Waals surface area contributed by atoms with Gasteiger partial charge in [-0.3, -0.25) is 0 Å². The second kappa shape index (κ2) is 2.20. The maximum Gasteiger partial charge on any atom is 0.453 e. The summed E-state index contributed by atoms with van der Waals surface area (Å²) in [5.41, 5.74) is 0. The van der Waals surface area contributed by atoms with E-state index in [-0.39, 0.29) is 0 Å². The summed E-state index contributed by atoms with van der Waals surface area (Å²) in [5.74, 6) is 0. The minimum Gasteiger partial charge on any atom is -0.183 e. The maximum atomic E-state index is 10.1. The Hall–Kier alpha value is -0.210. The summed E-state index contributed by atoms with van der Waals surface area (Å²) in [6.45, 7) is 1.41. The van der Waals surface area contributed by atoms with Gasteiger partial charge in [-0.05, 0) is 6.92 Å². The Morgan fingerprint density at radius 2 is 1.67 bits per heavy atom. The van der Waals surface area contributed by atoms with Crippen molar-refractivity contribution in [2.24, 2.45) is 0 Å². The Morgan fingerprint density at radius 1 is 1.22 bits per heavy atom. The monoisotopic (exact) mass is 156 g/mol. The predicted molar refractivity (Wildman–Crippen MR) is 22.7 cm³/mol. The van der Waals surface area contributed by atoms with Crippen LogP contribution in [-0.2, 0) is 28.8 Å². The zero-order valence-corrected chi connectivity index (χ0v) is 5.25. The number of hydrogen-bond acceptors (Lipinski definition) is 6. The van der Waals surface area contributed by atoms with Crippen LogP contribution in [0.25, 0.3) is 0 Å². The molecular formula is C2H4O6S. The molecule has 1 rings (SSSR count). The van der Waals surface area contributed by atoms with Crippen molar-refractivity contribution in [2.75, 3.05) is 0 Å². The first-order chi connectivity index (χ1) is 4.10. The first-order valence-corrected chi connectivity index (χ1v) is 3.38. The zero-order valence-electron chi connectivity index (χ0n) is 4.44. The molecule has 1 aliphatic rings. The number of hydrogen-bond donors (Lipinski definition) is 0. The van der Waals surface area contributed by atoms with Crippen molar-refractivity contribution in [3.05, 3.63) is 0 Å². The van der Waals surface area contributed by atoms with E-state index in [0.717, 1.165) is 0 Å². The average molecular weight is 156 g/mol. The van der Waals surface area contributed by atoms with E-state index >= 15 is 0 Å². The fourth-order valence-corrected chi connectivity index (χ4v) is 0.671. The molecule has 0 aliphatic carbocycles. The molecule has 0 unspecified atom stereocenters. The minimum atomic E-state index is -4.06. The van der Waals surface area contributed by atoms with Crippen molar-refractivity contribution >= 4 is 10.4 Å². The van der Waals surface area contributed by atoms with Gasteiger partial charge in [-0.15, -0.1) is 0 Å². The highest BCUT2D eigenvalue weighted by atomic mass is 32.3. The Kier molecular flexibility index (Phi) is 1.68. The van der Waals surface area contributed by atoms with Gasteiger partial charge in [0.15, 0.2) is 0 Å². The van der Waals surface area contributed by atoms with Crippen molar-refractivity contribution in [2.45, 2.75) is 13.2 Å². The Bertz CT molecular complexity index is 167. The van der Waals surface area contributed by atoms with Crippen LogP contribution in [0.5, 0.6) is 0 Å². The van der Waals surface area contributed by atoms with Crippen LogP contribution in [0.3, 0.4) is 0 Å². The third-order valence-electron chi connectivity index (χ3n) is 0.516. The van der Waals surface area contributed by atoms with Crippen molar-refractivity contribution in [1.29, 1.82) is 0 Å². The molecule has 54 valence electrons. The molecule has 0 saturated carbocycles. The second-order valence-corrected chi connectivity index (χ2v) is 2.39. The molecule has 0 spiro atoms. The lowest BCUT2D eigenvalue weighted by Gasteiger charge is -2.14. The van der Waals surface area contributed by atoms with Crippen LogP contribution in [0.4, 0.5) is 0 Å². The van der Waals surface area contributed by atoms with E-state index in [0.29, 0.717) is 0 Å². The standard InChI is InChI=1S/C2H4O6S/c1-2-5-7-9(3,4)8-6-2/h2H,1H3. The molecule has 0 amide bonds. The lowest BCUT2D eigenvalue weighted by atomic mass is 10.8. The Labute approximate surface area is 51.5 Å². The minimum absolute atomic E-state index is 0.825. The van der Waals surface area contributed by atoms with Crippen LogP contribution in [0.2, 0.25) is 0 Å². The van der Waals surface area contributed by atoms with E-state index in [4.69, 9.17) is 0 Å². The van der Waals surface area contributed by atoms with Crippen LogP contribution >= 0.6 is 0 Å². The number of rotatable bonds is 0. The summed E-state index contributed by atoms with van der Waals surface area (Å²) in [5, 5.41) is 0. The van der Waals surface area contributed by atoms with Gasteiger partial charge in [0.1, 0.15) is 0 Å². The molecule has 9 heavy (non-hydrogen) atoms. The summed E-state index contributed by atoms with van der Waals surface area (Å²) in [7, 11) is -4.06. The highest BCUT2D eigenvalue weighted by Crippen LogP contribution is 2.09. The third kappa shape index (κ3) is 1.88. The van der Waals surface area contributed by atoms with Gasteiger partial charge in [0.25, 0.3) is 0 Å². The normalized spacial score (nSPS) is 28.1. The summed E-state index contributed by atoms with van der Waals surface area (Å²) in [4.78, 5) is 8.12. The van der Waals surface area contributed by atoms with E-state index in [2.05, 4.69) is 18.4 Å². The predicted octanol–water partition coefficient (Wildman–Crippen LogP) is -0.513. The Balaban J connectivity index is 2.55. The molecule has 0 N–H and O–H groups in total. The van der Waals surface area contributed by atoms with Gasteiger partial charge in [0.2, 0.25) is 6.29 Å². The van der Waals surface area contributed by atoms with Gasteiger partial charge in [-0.2, -0.15) is 18.2 Å². The average Bonchev–Trinajstić information content (AvgIpc) is 1.78. The van der Waals surface area contributed by atoms with Crippen LogP contribution in [0.15, 0.2) is 0 Å². The molecule has 1 aliphatic heterocycles. The maximum absolute atomic E-state index is 10.1. The molecule has 1 heterocycles. The van der Waals surface area contributed by atoms with Gasteiger partial charge >= 0.3 is 10.4 Å². The van der Waals surface area contributed by atoms with E-state index in [9.17, 15) is 8.42 Å². The van der Waals surface area contributed by atoms with E-state index in [1.165, 1.54) is 6.92 Å². The largest absolute Gasteiger partial charge is 0.453 e. The molecule has 0 atom stereocenters. The highest BCUT2D eigenvalue weighted by molar-refractivity contribution is 7.81. The first-order valence-electron chi connectivity index (χ1n) is 2.05.